The number of nitrogens with zero attached hydrogens (tertiary/aromatic N) is 4. The minimum atomic E-state index is 0.682. The molecule has 2 heterocycles. The van der Waals surface area contributed by atoms with Crippen molar-refractivity contribution >= 4 is 16.3 Å². The van der Waals surface area contributed by atoms with Crippen LogP contribution in [0.1, 0.15) is 22.5 Å². The molecule has 4 aromatic rings. The molecule has 5 nitrogen and oxygen atoms in total. The lowest BCUT2D eigenvalue weighted by Gasteiger charge is -2.02. The van der Waals surface area contributed by atoms with Crippen molar-refractivity contribution in [3.05, 3.63) is 65.0 Å². The van der Waals surface area contributed by atoms with Crippen molar-refractivity contribution < 1.29 is 4.74 Å². The zero-order chi connectivity index (χ0) is 17.4. The average molecular weight is 350 g/mol. The van der Waals surface area contributed by atoms with E-state index in [1.54, 1.807) is 18.4 Å². The lowest BCUT2D eigenvalue weighted by Crippen LogP contribution is -1.98. The maximum absolute atomic E-state index is 5.20. The number of rotatable bonds is 4. The molecular formula is C19H18N4OS. The Bertz CT molecular complexity index is 1030. The van der Waals surface area contributed by atoms with Gasteiger partial charge in [-0.3, -0.25) is 0 Å². The number of aromatic nitrogens is 4. The standard InChI is InChI=1S/C19H18N4OS/c1-12-4-7-15(10-13(12)2)18-22-23-17(20-21-19(23)25-18)11-14-5-8-16(24-3)9-6-14/h4-10H,11H2,1-3H3. The first-order valence-electron chi connectivity index (χ1n) is 8.06. The quantitative estimate of drug-likeness (QED) is 0.557. The minimum absolute atomic E-state index is 0.682. The highest BCUT2D eigenvalue weighted by atomic mass is 32.1. The van der Waals surface area contributed by atoms with Crippen LogP contribution in [-0.4, -0.2) is 26.9 Å². The summed E-state index contributed by atoms with van der Waals surface area (Å²) in [6, 6.07) is 14.4. The summed E-state index contributed by atoms with van der Waals surface area (Å²) in [5.41, 5.74) is 4.82. The van der Waals surface area contributed by atoms with Gasteiger partial charge in [0.25, 0.3) is 0 Å². The van der Waals surface area contributed by atoms with Crippen LogP contribution in [0.5, 0.6) is 5.75 Å². The van der Waals surface area contributed by atoms with Crippen LogP contribution in [0.25, 0.3) is 15.5 Å². The second-order valence-corrected chi connectivity index (χ2v) is 7.00. The van der Waals surface area contributed by atoms with Gasteiger partial charge in [-0.25, -0.2) is 0 Å². The number of hydrogen-bond acceptors (Lipinski definition) is 5. The van der Waals surface area contributed by atoms with E-state index in [-0.39, 0.29) is 0 Å². The fraction of sp³-hybridized carbons (Fsp3) is 0.211. The molecule has 0 bridgehead atoms. The minimum Gasteiger partial charge on any atom is -0.497 e. The summed E-state index contributed by atoms with van der Waals surface area (Å²) in [5.74, 6) is 1.69. The molecule has 0 spiro atoms. The maximum Gasteiger partial charge on any atom is 0.234 e. The van der Waals surface area contributed by atoms with Gasteiger partial charge in [-0.2, -0.15) is 9.61 Å². The zero-order valence-corrected chi connectivity index (χ0v) is 15.2. The molecule has 0 saturated carbocycles. The molecule has 0 amide bonds. The summed E-state index contributed by atoms with van der Waals surface area (Å²) in [7, 11) is 1.67. The van der Waals surface area contributed by atoms with E-state index in [1.165, 1.54) is 11.1 Å². The first-order chi connectivity index (χ1) is 12.1. The lowest BCUT2D eigenvalue weighted by atomic mass is 10.1. The first kappa shape index (κ1) is 15.8. The molecule has 0 aliphatic rings. The number of ether oxygens (including phenoxy) is 1. The third-order valence-corrected chi connectivity index (χ3v) is 5.28. The Hall–Kier alpha value is -2.73. The molecule has 0 aliphatic carbocycles. The molecule has 0 aliphatic heterocycles. The molecule has 0 N–H and O–H groups in total. The fourth-order valence-corrected chi connectivity index (χ4v) is 3.54. The number of aryl methyl sites for hydroxylation is 2. The van der Waals surface area contributed by atoms with E-state index < -0.39 is 0 Å². The second-order valence-electron chi connectivity index (χ2n) is 6.04. The third-order valence-electron chi connectivity index (χ3n) is 4.33. The Labute approximate surface area is 149 Å². The highest BCUT2D eigenvalue weighted by molar-refractivity contribution is 7.19. The van der Waals surface area contributed by atoms with Crippen molar-refractivity contribution in [2.24, 2.45) is 0 Å². The summed E-state index contributed by atoms with van der Waals surface area (Å²) >= 11 is 1.56. The van der Waals surface area contributed by atoms with E-state index in [1.807, 2.05) is 28.8 Å². The summed E-state index contributed by atoms with van der Waals surface area (Å²) < 4.78 is 7.05. The molecule has 2 aromatic carbocycles. The Morgan fingerprint density at radius 2 is 1.80 bits per heavy atom. The number of benzene rings is 2. The molecule has 2 aromatic heterocycles. The van der Waals surface area contributed by atoms with Crippen LogP contribution in [0.4, 0.5) is 0 Å². The Kier molecular flexibility index (Phi) is 3.97. The van der Waals surface area contributed by atoms with Crippen LogP contribution in [0.15, 0.2) is 42.5 Å². The number of hydrogen-bond donors (Lipinski definition) is 0. The van der Waals surface area contributed by atoms with Crippen LogP contribution in [0, 0.1) is 13.8 Å². The molecule has 25 heavy (non-hydrogen) atoms. The van der Waals surface area contributed by atoms with Crippen LogP contribution in [0.2, 0.25) is 0 Å². The van der Waals surface area contributed by atoms with Gasteiger partial charge in [-0.1, -0.05) is 35.6 Å². The molecule has 6 heteroatoms. The predicted molar refractivity (Wildman–Crippen MR) is 99.4 cm³/mol. The van der Waals surface area contributed by atoms with E-state index in [0.717, 1.165) is 32.7 Å². The Balaban J connectivity index is 1.66. The lowest BCUT2D eigenvalue weighted by molar-refractivity contribution is 0.414. The van der Waals surface area contributed by atoms with Gasteiger partial charge < -0.3 is 4.74 Å². The van der Waals surface area contributed by atoms with E-state index in [9.17, 15) is 0 Å². The van der Waals surface area contributed by atoms with Crippen LogP contribution < -0.4 is 4.74 Å². The first-order valence-corrected chi connectivity index (χ1v) is 8.87. The van der Waals surface area contributed by atoms with Crippen molar-refractivity contribution in [3.8, 4) is 16.3 Å². The summed E-state index contributed by atoms with van der Waals surface area (Å²) in [4.78, 5) is 0.816. The zero-order valence-electron chi connectivity index (χ0n) is 14.4. The fourth-order valence-electron chi connectivity index (χ4n) is 2.68. The number of fused-ring (bicyclic) bond motifs is 1. The van der Waals surface area contributed by atoms with Crippen molar-refractivity contribution in [3.63, 3.8) is 0 Å². The van der Waals surface area contributed by atoms with E-state index >= 15 is 0 Å². The molecular weight excluding hydrogens is 332 g/mol. The Morgan fingerprint density at radius 3 is 2.52 bits per heavy atom. The van der Waals surface area contributed by atoms with Crippen LogP contribution in [-0.2, 0) is 6.42 Å². The maximum atomic E-state index is 5.20. The van der Waals surface area contributed by atoms with Crippen molar-refractivity contribution in [2.75, 3.05) is 7.11 Å². The number of methoxy groups -OCH3 is 1. The largest absolute Gasteiger partial charge is 0.497 e. The molecule has 0 unspecified atom stereocenters. The molecule has 0 saturated heterocycles. The van der Waals surface area contributed by atoms with Crippen LogP contribution in [0.3, 0.4) is 0 Å². The molecule has 4 rings (SSSR count). The SMILES string of the molecule is COc1ccc(Cc2nnc3sc(-c4ccc(C)c(C)c4)nn23)cc1. The van der Waals surface area contributed by atoms with Gasteiger partial charge in [-0.05, 0) is 48.7 Å². The monoisotopic (exact) mass is 350 g/mol. The predicted octanol–water partition coefficient (Wildman–Crippen LogP) is 4.07. The third kappa shape index (κ3) is 3.00. The normalized spacial score (nSPS) is 11.2. The highest BCUT2D eigenvalue weighted by Gasteiger charge is 2.14. The van der Waals surface area contributed by atoms with Gasteiger partial charge in [0, 0.05) is 12.0 Å². The summed E-state index contributed by atoms with van der Waals surface area (Å²) in [6.07, 6.45) is 0.682. The van der Waals surface area contributed by atoms with E-state index in [4.69, 9.17) is 9.84 Å². The summed E-state index contributed by atoms with van der Waals surface area (Å²) in [6.45, 7) is 4.23. The van der Waals surface area contributed by atoms with Gasteiger partial charge in [0.2, 0.25) is 4.96 Å². The topological polar surface area (TPSA) is 52.3 Å². The van der Waals surface area contributed by atoms with Crippen molar-refractivity contribution in [2.45, 2.75) is 20.3 Å². The Morgan fingerprint density at radius 1 is 1.00 bits per heavy atom. The highest BCUT2D eigenvalue weighted by Crippen LogP contribution is 2.27. The average Bonchev–Trinajstić information content (AvgIpc) is 3.20. The summed E-state index contributed by atoms with van der Waals surface area (Å²) in [5, 5.41) is 14.3. The van der Waals surface area contributed by atoms with Gasteiger partial charge in [0.15, 0.2) is 5.82 Å². The molecule has 126 valence electrons. The van der Waals surface area contributed by atoms with Gasteiger partial charge >= 0.3 is 0 Å². The van der Waals surface area contributed by atoms with Crippen molar-refractivity contribution in [1.82, 2.24) is 19.8 Å². The second kappa shape index (κ2) is 6.29. The van der Waals surface area contributed by atoms with E-state index in [2.05, 4.69) is 42.2 Å². The molecule has 0 atom stereocenters. The van der Waals surface area contributed by atoms with E-state index in [0.29, 0.717) is 6.42 Å². The van der Waals surface area contributed by atoms with Gasteiger partial charge in [0.1, 0.15) is 10.8 Å². The molecule has 0 radical (unpaired) electrons. The molecule has 0 fully saturated rings. The van der Waals surface area contributed by atoms with Crippen LogP contribution >= 0.6 is 11.3 Å². The van der Waals surface area contributed by atoms with Gasteiger partial charge in [0.05, 0.1) is 7.11 Å². The van der Waals surface area contributed by atoms with Crippen molar-refractivity contribution in [1.29, 1.82) is 0 Å². The van der Waals surface area contributed by atoms with Gasteiger partial charge in [-0.15, -0.1) is 10.2 Å². The smallest absolute Gasteiger partial charge is 0.234 e.